The zero-order valence-corrected chi connectivity index (χ0v) is 23.5. The summed E-state index contributed by atoms with van der Waals surface area (Å²) in [5.41, 5.74) is 6.80. The Morgan fingerprint density at radius 3 is 2.05 bits per heavy atom. The van der Waals surface area contributed by atoms with Crippen LogP contribution >= 0.6 is 11.3 Å². The van der Waals surface area contributed by atoms with E-state index in [-0.39, 0.29) is 0 Å². The van der Waals surface area contributed by atoms with E-state index < -0.39 is 0 Å². The number of fused-ring (bicyclic) bond motifs is 8. The van der Waals surface area contributed by atoms with Gasteiger partial charge >= 0.3 is 0 Å². The normalized spacial score (nSPS) is 11.8. The SMILES string of the molecule is c1ccc(-c2nc3ccccc3n2-c2ccc(-c3cc4ccccc4c4c3sc3ccc5ccccc5c34)cc2)cc1. The zero-order chi connectivity index (χ0) is 27.6. The largest absolute Gasteiger partial charge is 0.292 e. The van der Waals surface area contributed by atoms with Crippen molar-refractivity contribution < 1.29 is 0 Å². The van der Waals surface area contributed by atoms with E-state index in [1.807, 2.05) is 17.4 Å². The van der Waals surface area contributed by atoms with Crippen LogP contribution in [-0.2, 0) is 0 Å². The van der Waals surface area contributed by atoms with Gasteiger partial charge in [-0.05, 0) is 63.5 Å². The highest BCUT2D eigenvalue weighted by atomic mass is 32.1. The molecule has 0 bridgehead atoms. The highest BCUT2D eigenvalue weighted by Gasteiger charge is 2.18. The molecule has 2 heterocycles. The molecule has 0 fully saturated rings. The molecule has 0 saturated heterocycles. The number of hydrogen-bond donors (Lipinski definition) is 0. The summed E-state index contributed by atoms with van der Waals surface area (Å²) in [7, 11) is 0. The second kappa shape index (κ2) is 9.13. The molecule has 0 aliphatic rings. The first-order valence-electron chi connectivity index (χ1n) is 14.2. The predicted octanol–water partition coefficient (Wildman–Crippen LogP) is 11.0. The van der Waals surface area contributed by atoms with E-state index in [9.17, 15) is 0 Å². The van der Waals surface area contributed by atoms with E-state index >= 15 is 0 Å². The Kier molecular flexibility index (Phi) is 5.10. The van der Waals surface area contributed by atoms with Crippen molar-refractivity contribution in [2.75, 3.05) is 0 Å². The van der Waals surface area contributed by atoms with Crippen molar-refractivity contribution in [2.45, 2.75) is 0 Å². The zero-order valence-electron chi connectivity index (χ0n) is 22.7. The number of benzene rings is 7. The van der Waals surface area contributed by atoms with Gasteiger partial charge in [0.2, 0.25) is 0 Å². The maximum Gasteiger partial charge on any atom is 0.145 e. The Labute approximate surface area is 246 Å². The van der Waals surface area contributed by atoms with Gasteiger partial charge in [0.05, 0.1) is 11.0 Å². The molecule has 2 aromatic heterocycles. The van der Waals surface area contributed by atoms with Gasteiger partial charge in [-0.1, -0.05) is 109 Å². The lowest BCUT2D eigenvalue weighted by Crippen LogP contribution is -1.97. The molecule has 196 valence electrons. The number of aromatic nitrogens is 2. The average molecular weight is 553 g/mol. The van der Waals surface area contributed by atoms with E-state index in [0.29, 0.717) is 0 Å². The number of para-hydroxylation sites is 2. The summed E-state index contributed by atoms with van der Waals surface area (Å²) in [6.45, 7) is 0. The average Bonchev–Trinajstić information content (AvgIpc) is 3.65. The molecule has 0 amide bonds. The van der Waals surface area contributed by atoms with Gasteiger partial charge in [0.15, 0.2) is 0 Å². The number of rotatable bonds is 3. The fraction of sp³-hybridized carbons (Fsp3) is 0. The summed E-state index contributed by atoms with van der Waals surface area (Å²) < 4.78 is 4.94. The Bertz CT molecular complexity index is 2450. The van der Waals surface area contributed by atoms with Gasteiger partial charge in [0.1, 0.15) is 5.82 Å². The van der Waals surface area contributed by atoms with E-state index in [1.54, 1.807) is 0 Å². The first-order valence-corrected chi connectivity index (χ1v) is 15.0. The molecular weight excluding hydrogens is 529 g/mol. The molecule has 0 spiro atoms. The maximum absolute atomic E-state index is 5.03. The van der Waals surface area contributed by atoms with E-state index in [4.69, 9.17) is 4.98 Å². The molecule has 0 aliphatic heterocycles. The molecule has 9 rings (SSSR count). The summed E-state index contributed by atoms with van der Waals surface area (Å²) in [4.78, 5) is 5.03. The Morgan fingerprint density at radius 1 is 0.524 bits per heavy atom. The predicted molar refractivity (Wildman–Crippen MR) is 180 cm³/mol. The van der Waals surface area contributed by atoms with Gasteiger partial charge in [0, 0.05) is 37.0 Å². The first-order chi connectivity index (χ1) is 20.8. The Hall–Kier alpha value is -5.25. The molecule has 3 heteroatoms. The highest BCUT2D eigenvalue weighted by Crippen LogP contribution is 2.46. The Balaban J connectivity index is 1.28. The van der Waals surface area contributed by atoms with Crippen LogP contribution in [0, 0.1) is 0 Å². The van der Waals surface area contributed by atoms with Crippen molar-refractivity contribution in [2.24, 2.45) is 0 Å². The van der Waals surface area contributed by atoms with Crippen LogP contribution in [0.2, 0.25) is 0 Å². The number of thiophene rings is 1. The van der Waals surface area contributed by atoms with Crippen molar-refractivity contribution in [3.63, 3.8) is 0 Å². The fourth-order valence-corrected chi connectivity index (χ4v) is 7.73. The smallest absolute Gasteiger partial charge is 0.145 e. The molecule has 42 heavy (non-hydrogen) atoms. The summed E-state index contributed by atoms with van der Waals surface area (Å²) in [6, 6.07) is 52.3. The minimum Gasteiger partial charge on any atom is -0.292 e. The van der Waals surface area contributed by atoms with E-state index in [0.717, 1.165) is 28.1 Å². The molecule has 0 N–H and O–H groups in total. The minimum atomic E-state index is 0.953. The van der Waals surface area contributed by atoms with Crippen LogP contribution in [-0.4, -0.2) is 9.55 Å². The van der Waals surface area contributed by atoms with Gasteiger partial charge in [-0.3, -0.25) is 4.57 Å². The lowest BCUT2D eigenvalue weighted by atomic mass is 9.95. The van der Waals surface area contributed by atoms with Gasteiger partial charge in [0.25, 0.3) is 0 Å². The van der Waals surface area contributed by atoms with Crippen molar-refractivity contribution >= 4 is 64.1 Å². The molecule has 0 aliphatic carbocycles. The third kappa shape index (κ3) is 3.47. The van der Waals surface area contributed by atoms with Crippen LogP contribution in [0.1, 0.15) is 0 Å². The van der Waals surface area contributed by atoms with Crippen LogP contribution in [0.15, 0.2) is 146 Å². The van der Waals surface area contributed by atoms with E-state index in [2.05, 4.69) is 144 Å². The molecule has 0 saturated carbocycles. The lowest BCUT2D eigenvalue weighted by molar-refractivity contribution is 1.10. The van der Waals surface area contributed by atoms with Gasteiger partial charge in [-0.2, -0.15) is 0 Å². The van der Waals surface area contributed by atoms with Crippen molar-refractivity contribution in [3.8, 4) is 28.2 Å². The number of imidazole rings is 1. The van der Waals surface area contributed by atoms with Crippen LogP contribution in [0.25, 0.3) is 81.0 Å². The van der Waals surface area contributed by atoms with Crippen molar-refractivity contribution in [1.82, 2.24) is 9.55 Å². The van der Waals surface area contributed by atoms with Gasteiger partial charge < -0.3 is 0 Å². The van der Waals surface area contributed by atoms with Crippen molar-refractivity contribution in [3.05, 3.63) is 146 Å². The second-order valence-electron chi connectivity index (χ2n) is 10.8. The molecule has 7 aromatic carbocycles. The van der Waals surface area contributed by atoms with Gasteiger partial charge in [-0.15, -0.1) is 11.3 Å². The molecular formula is C39H24N2S. The number of nitrogens with zero attached hydrogens (tertiary/aromatic N) is 2. The van der Waals surface area contributed by atoms with Crippen LogP contribution < -0.4 is 0 Å². The topological polar surface area (TPSA) is 17.8 Å². The summed E-state index contributed by atoms with van der Waals surface area (Å²) >= 11 is 1.90. The van der Waals surface area contributed by atoms with Crippen molar-refractivity contribution in [1.29, 1.82) is 0 Å². The number of hydrogen-bond acceptors (Lipinski definition) is 2. The first kappa shape index (κ1) is 23.5. The van der Waals surface area contributed by atoms with Crippen LogP contribution in [0.4, 0.5) is 0 Å². The molecule has 2 nitrogen and oxygen atoms in total. The van der Waals surface area contributed by atoms with Gasteiger partial charge in [-0.25, -0.2) is 4.98 Å². The third-order valence-corrected chi connectivity index (χ3v) is 9.57. The minimum absolute atomic E-state index is 0.953. The second-order valence-corrected chi connectivity index (χ2v) is 11.8. The fourth-order valence-electron chi connectivity index (χ4n) is 6.46. The van der Waals surface area contributed by atoms with Crippen LogP contribution in [0.5, 0.6) is 0 Å². The lowest BCUT2D eigenvalue weighted by Gasteiger charge is -2.12. The summed E-state index contributed by atoms with van der Waals surface area (Å²) in [5.74, 6) is 0.953. The maximum atomic E-state index is 5.03. The molecule has 0 radical (unpaired) electrons. The third-order valence-electron chi connectivity index (χ3n) is 8.38. The van der Waals surface area contributed by atoms with E-state index in [1.165, 1.54) is 52.8 Å². The highest BCUT2D eigenvalue weighted by molar-refractivity contribution is 7.26. The molecule has 0 unspecified atom stereocenters. The monoisotopic (exact) mass is 552 g/mol. The standard InChI is InChI=1S/C39H24N2S/c1-2-11-27(12-3-1)39-40-33-16-8-9-17-34(33)41(39)29-21-18-26(19-22-29)32-24-28-13-5-7-15-31(28)37-36-30-14-6-4-10-25(30)20-23-35(36)42-38(32)37/h1-24H. The van der Waals surface area contributed by atoms with Crippen LogP contribution in [0.3, 0.4) is 0 Å². The summed E-state index contributed by atoms with van der Waals surface area (Å²) in [6.07, 6.45) is 0. The summed E-state index contributed by atoms with van der Waals surface area (Å²) in [5, 5.41) is 7.90. The molecule has 0 atom stereocenters. The molecule has 9 aromatic rings. The quantitative estimate of drug-likeness (QED) is 0.213. The Morgan fingerprint density at radius 2 is 1.21 bits per heavy atom.